The van der Waals surface area contributed by atoms with Crippen LogP contribution in [-0.2, 0) is 0 Å². The molecule has 2 aromatic rings. The van der Waals surface area contributed by atoms with Gasteiger partial charge in [-0.3, -0.25) is 4.68 Å². The van der Waals surface area contributed by atoms with Gasteiger partial charge in [0.2, 0.25) is 0 Å². The van der Waals surface area contributed by atoms with E-state index >= 15 is 0 Å². The van der Waals surface area contributed by atoms with Crippen LogP contribution in [0.4, 0.5) is 0 Å². The Hall–Kier alpha value is -1.57. The van der Waals surface area contributed by atoms with Crippen molar-refractivity contribution >= 4 is 0 Å². The second-order valence-electron chi connectivity index (χ2n) is 5.27. The van der Waals surface area contributed by atoms with Crippen LogP contribution in [0.5, 0.6) is 0 Å². The third-order valence-electron chi connectivity index (χ3n) is 3.45. The fourth-order valence-electron chi connectivity index (χ4n) is 2.45. The Morgan fingerprint density at radius 2 is 2.00 bits per heavy atom. The van der Waals surface area contributed by atoms with Crippen LogP contribution >= 0.6 is 0 Å². The van der Waals surface area contributed by atoms with Gasteiger partial charge in [0.25, 0.3) is 0 Å². The monoisotopic (exact) mass is 242 g/mol. The van der Waals surface area contributed by atoms with E-state index in [2.05, 4.69) is 68.9 Å². The largest absolute Gasteiger partial charge is 0.269 e. The number of aryl methyl sites for hydroxylation is 1. The molecule has 0 aliphatic carbocycles. The lowest BCUT2D eigenvalue weighted by molar-refractivity contribution is 0.337. The zero-order valence-corrected chi connectivity index (χ0v) is 11.7. The molecule has 2 heteroatoms. The second kappa shape index (κ2) is 5.38. The maximum atomic E-state index is 4.73. The molecule has 0 bridgehead atoms. The van der Waals surface area contributed by atoms with E-state index in [9.17, 15) is 0 Å². The van der Waals surface area contributed by atoms with Crippen LogP contribution in [0.3, 0.4) is 0 Å². The lowest BCUT2D eigenvalue weighted by Crippen LogP contribution is -2.14. The van der Waals surface area contributed by atoms with Crippen molar-refractivity contribution in [3.8, 4) is 11.3 Å². The summed E-state index contributed by atoms with van der Waals surface area (Å²) < 4.78 is 2.11. The zero-order valence-electron chi connectivity index (χ0n) is 11.7. The Balaban J connectivity index is 2.30. The van der Waals surface area contributed by atoms with Gasteiger partial charge in [-0.2, -0.15) is 5.10 Å². The van der Waals surface area contributed by atoms with E-state index in [1.807, 2.05) is 0 Å². The Kier molecular flexibility index (Phi) is 3.85. The molecule has 2 nitrogen and oxygen atoms in total. The molecule has 18 heavy (non-hydrogen) atoms. The molecule has 0 saturated heterocycles. The summed E-state index contributed by atoms with van der Waals surface area (Å²) in [6.45, 7) is 8.84. The molecule has 1 aromatic heterocycles. The van der Waals surface area contributed by atoms with Crippen molar-refractivity contribution in [3.63, 3.8) is 0 Å². The topological polar surface area (TPSA) is 17.8 Å². The summed E-state index contributed by atoms with van der Waals surface area (Å²) in [7, 11) is 0. The smallest absolute Gasteiger partial charge is 0.0923 e. The molecule has 1 atom stereocenters. The lowest BCUT2D eigenvalue weighted by atomic mass is 10.0. The number of benzene rings is 1. The summed E-state index contributed by atoms with van der Waals surface area (Å²) in [4.78, 5) is 0. The fraction of sp³-hybridized carbons (Fsp3) is 0.438. The molecule has 1 heterocycles. The highest BCUT2D eigenvalue weighted by Crippen LogP contribution is 2.24. The summed E-state index contributed by atoms with van der Waals surface area (Å²) >= 11 is 0. The van der Waals surface area contributed by atoms with Crippen LogP contribution in [0.25, 0.3) is 11.3 Å². The lowest BCUT2D eigenvalue weighted by Gasteiger charge is -2.19. The molecule has 0 amide bonds. The SMILES string of the molecule is CCC(C(C)C)n1ccc(-c2cccc(C)c2)n1. The number of hydrogen-bond acceptors (Lipinski definition) is 1. The molecule has 0 spiro atoms. The van der Waals surface area contributed by atoms with Crippen molar-refractivity contribution in [2.45, 2.75) is 40.2 Å². The summed E-state index contributed by atoms with van der Waals surface area (Å²) in [5, 5.41) is 4.73. The molecule has 0 radical (unpaired) electrons. The predicted molar refractivity (Wildman–Crippen MR) is 76.6 cm³/mol. The molecule has 0 N–H and O–H groups in total. The van der Waals surface area contributed by atoms with Gasteiger partial charge in [-0.05, 0) is 31.4 Å². The van der Waals surface area contributed by atoms with Crippen LogP contribution < -0.4 is 0 Å². The average molecular weight is 242 g/mol. The number of hydrogen-bond donors (Lipinski definition) is 0. The van der Waals surface area contributed by atoms with Crippen molar-refractivity contribution in [1.29, 1.82) is 0 Å². The highest BCUT2D eigenvalue weighted by molar-refractivity contribution is 5.59. The van der Waals surface area contributed by atoms with Crippen LogP contribution in [0.15, 0.2) is 36.5 Å². The summed E-state index contributed by atoms with van der Waals surface area (Å²) in [6, 6.07) is 11.1. The standard InChI is InChI=1S/C16H22N2/c1-5-16(12(2)3)18-10-9-15(17-18)14-8-6-7-13(4)11-14/h6-12,16H,5H2,1-4H3. The first-order valence-corrected chi connectivity index (χ1v) is 6.74. The number of aromatic nitrogens is 2. The van der Waals surface area contributed by atoms with Crippen molar-refractivity contribution in [2.75, 3.05) is 0 Å². The van der Waals surface area contributed by atoms with E-state index in [-0.39, 0.29) is 0 Å². The fourth-order valence-corrected chi connectivity index (χ4v) is 2.45. The first kappa shape index (κ1) is 12.9. The van der Waals surface area contributed by atoms with E-state index in [1.165, 1.54) is 11.1 Å². The third-order valence-corrected chi connectivity index (χ3v) is 3.45. The van der Waals surface area contributed by atoms with Gasteiger partial charge in [0.05, 0.1) is 11.7 Å². The van der Waals surface area contributed by atoms with Gasteiger partial charge in [-0.1, -0.05) is 44.5 Å². The summed E-state index contributed by atoms with van der Waals surface area (Å²) in [5.74, 6) is 0.611. The predicted octanol–water partition coefficient (Wildman–Crippen LogP) is 4.47. The van der Waals surface area contributed by atoms with Gasteiger partial charge in [-0.15, -0.1) is 0 Å². The van der Waals surface area contributed by atoms with Crippen LogP contribution in [0.1, 0.15) is 38.8 Å². The molecule has 2 rings (SSSR count). The van der Waals surface area contributed by atoms with E-state index in [0.29, 0.717) is 12.0 Å². The summed E-state index contributed by atoms with van der Waals surface area (Å²) in [5.41, 5.74) is 3.54. The first-order valence-electron chi connectivity index (χ1n) is 6.74. The average Bonchev–Trinajstić information content (AvgIpc) is 2.79. The Morgan fingerprint density at radius 3 is 2.61 bits per heavy atom. The normalized spacial score (nSPS) is 12.9. The van der Waals surface area contributed by atoms with Crippen molar-refractivity contribution < 1.29 is 0 Å². The van der Waals surface area contributed by atoms with Crippen molar-refractivity contribution in [3.05, 3.63) is 42.1 Å². The van der Waals surface area contributed by atoms with E-state index in [1.54, 1.807) is 0 Å². The summed E-state index contributed by atoms with van der Waals surface area (Å²) in [6.07, 6.45) is 3.22. The Bertz CT molecular complexity index is 511. The maximum absolute atomic E-state index is 4.73. The van der Waals surface area contributed by atoms with E-state index < -0.39 is 0 Å². The quantitative estimate of drug-likeness (QED) is 0.773. The molecule has 1 aromatic carbocycles. The van der Waals surface area contributed by atoms with Crippen molar-refractivity contribution in [2.24, 2.45) is 5.92 Å². The van der Waals surface area contributed by atoms with Gasteiger partial charge in [0.1, 0.15) is 0 Å². The number of rotatable bonds is 4. The Labute approximate surface area is 110 Å². The molecule has 1 unspecified atom stereocenters. The molecule has 0 aliphatic heterocycles. The molecule has 96 valence electrons. The zero-order chi connectivity index (χ0) is 13.1. The van der Waals surface area contributed by atoms with Gasteiger partial charge >= 0.3 is 0 Å². The highest BCUT2D eigenvalue weighted by Gasteiger charge is 2.14. The van der Waals surface area contributed by atoms with Gasteiger partial charge in [0.15, 0.2) is 0 Å². The molecule has 0 aliphatic rings. The Morgan fingerprint density at radius 1 is 1.22 bits per heavy atom. The molecule has 0 fully saturated rings. The van der Waals surface area contributed by atoms with Crippen LogP contribution in [0.2, 0.25) is 0 Å². The van der Waals surface area contributed by atoms with E-state index in [4.69, 9.17) is 5.10 Å². The molecule has 0 saturated carbocycles. The van der Waals surface area contributed by atoms with E-state index in [0.717, 1.165) is 12.1 Å². The van der Waals surface area contributed by atoms with Gasteiger partial charge < -0.3 is 0 Å². The number of nitrogens with zero attached hydrogens (tertiary/aromatic N) is 2. The maximum Gasteiger partial charge on any atom is 0.0923 e. The minimum Gasteiger partial charge on any atom is -0.269 e. The highest BCUT2D eigenvalue weighted by atomic mass is 15.3. The van der Waals surface area contributed by atoms with Gasteiger partial charge in [-0.25, -0.2) is 0 Å². The van der Waals surface area contributed by atoms with Crippen LogP contribution in [-0.4, -0.2) is 9.78 Å². The molecular formula is C16H22N2. The van der Waals surface area contributed by atoms with Crippen LogP contribution in [0, 0.1) is 12.8 Å². The second-order valence-corrected chi connectivity index (χ2v) is 5.27. The third kappa shape index (κ3) is 2.63. The minimum atomic E-state index is 0.489. The van der Waals surface area contributed by atoms with Crippen molar-refractivity contribution in [1.82, 2.24) is 9.78 Å². The molecular weight excluding hydrogens is 220 g/mol. The minimum absolute atomic E-state index is 0.489. The first-order chi connectivity index (χ1) is 8.61. The van der Waals surface area contributed by atoms with Gasteiger partial charge in [0, 0.05) is 11.8 Å².